The molecule has 2 amide bonds. The third-order valence-corrected chi connectivity index (χ3v) is 2.70. The predicted molar refractivity (Wildman–Crippen MR) is 80.0 cm³/mol. The van der Waals surface area contributed by atoms with Crippen molar-refractivity contribution in [3.05, 3.63) is 23.8 Å². The lowest BCUT2D eigenvalue weighted by atomic mass is 10.2. The molecule has 0 aliphatic rings. The van der Waals surface area contributed by atoms with Crippen LogP contribution >= 0.6 is 0 Å². The lowest BCUT2D eigenvalue weighted by molar-refractivity contribution is -0.153. The fourth-order valence-corrected chi connectivity index (χ4v) is 1.59. The molecule has 0 aliphatic heterocycles. The van der Waals surface area contributed by atoms with Crippen molar-refractivity contribution in [2.75, 3.05) is 32.1 Å². The number of anilines is 1. The summed E-state index contributed by atoms with van der Waals surface area (Å²) in [4.78, 5) is 34.2. The van der Waals surface area contributed by atoms with E-state index in [0.717, 1.165) is 13.2 Å². The Morgan fingerprint density at radius 2 is 1.88 bits per heavy atom. The Labute approximate surface area is 140 Å². The summed E-state index contributed by atoms with van der Waals surface area (Å²) < 4.78 is 46.1. The van der Waals surface area contributed by atoms with Gasteiger partial charge in [0.15, 0.2) is 6.61 Å². The van der Waals surface area contributed by atoms with Gasteiger partial charge in [-0.3, -0.25) is 9.59 Å². The summed E-state index contributed by atoms with van der Waals surface area (Å²) in [5.41, 5.74) is 4.89. The van der Waals surface area contributed by atoms with Crippen molar-refractivity contribution in [3.8, 4) is 5.75 Å². The summed E-state index contributed by atoms with van der Waals surface area (Å²) >= 11 is 0. The van der Waals surface area contributed by atoms with Crippen molar-refractivity contribution in [1.82, 2.24) is 5.32 Å². The molecule has 1 aromatic carbocycles. The Hall–Kier alpha value is -2.82. The van der Waals surface area contributed by atoms with Gasteiger partial charge < -0.3 is 25.8 Å². The lowest BCUT2D eigenvalue weighted by Crippen LogP contribution is -2.36. The largest absolute Gasteiger partial charge is 0.482 e. The van der Waals surface area contributed by atoms with E-state index in [1.165, 1.54) is 12.1 Å². The number of methoxy groups -OCH3 is 1. The summed E-state index contributed by atoms with van der Waals surface area (Å²) in [6.07, 6.45) is -4.61. The van der Waals surface area contributed by atoms with Crippen LogP contribution in [0.5, 0.6) is 5.75 Å². The van der Waals surface area contributed by atoms with Gasteiger partial charge in [0.05, 0.1) is 31.5 Å². The number of carbonyl (C=O) groups is 3. The smallest absolute Gasteiger partial charge is 0.422 e. The van der Waals surface area contributed by atoms with E-state index in [-0.39, 0.29) is 23.5 Å². The standard InChI is InChI=1S/C14H16F3N3O5/c1-24-13(23)8-2-3-9(10(4-8)25-7-14(15,16)17)20-12(22)6-19-11(21)5-18/h2-4H,5-7,18H2,1H3,(H,19,21)(H,20,22). The van der Waals surface area contributed by atoms with Crippen LogP contribution in [-0.2, 0) is 14.3 Å². The van der Waals surface area contributed by atoms with E-state index in [4.69, 9.17) is 5.73 Å². The maximum absolute atomic E-state index is 12.3. The molecule has 11 heteroatoms. The first-order valence-electron chi connectivity index (χ1n) is 6.84. The SMILES string of the molecule is COC(=O)c1ccc(NC(=O)CNC(=O)CN)c(OCC(F)(F)F)c1. The zero-order valence-electron chi connectivity index (χ0n) is 13.1. The molecule has 0 unspecified atom stereocenters. The number of hydrogen-bond acceptors (Lipinski definition) is 6. The first-order chi connectivity index (χ1) is 11.7. The number of hydrogen-bond donors (Lipinski definition) is 3. The Bertz CT molecular complexity index is 649. The van der Waals surface area contributed by atoms with Crippen molar-refractivity contribution in [3.63, 3.8) is 0 Å². The molecule has 0 spiro atoms. The van der Waals surface area contributed by atoms with Crippen LogP contribution in [0.3, 0.4) is 0 Å². The highest BCUT2D eigenvalue weighted by atomic mass is 19.4. The van der Waals surface area contributed by atoms with E-state index in [2.05, 4.69) is 20.1 Å². The molecular formula is C14H16F3N3O5. The number of rotatable bonds is 7. The number of alkyl halides is 3. The molecule has 0 saturated heterocycles. The van der Waals surface area contributed by atoms with Gasteiger partial charge >= 0.3 is 12.1 Å². The molecule has 1 aromatic rings. The van der Waals surface area contributed by atoms with Crippen molar-refractivity contribution in [1.29, 1.82) is 0 Å². The minimum absolute atomic E-state index is 0.0610. The van der Waals surface area contributed by atoms with Crippen LogP contribution in [0.1, 0.15) is 10.4 Å². The summed E-state index contributed by atoms with van der Waals surface area (Å²) in [6.45, 7) is -2.38. The first kappa shape index (κ1) is 20.2. The quantitative estimate of drug-likeness (QED) is 0.604. The molecule has 25 heavy (non-hydrogen) atoms. The van der Waals surface area contributed by atoms with E-state index in [0.29, 0.717) is 0 Å². The number of ether oxygens (including phenoxy) is 2. The normalized spacial score (nSPS) is 10.8. The number of nitrogens with two attached hydrogens (primary N) is 1. The zero-order chi connectivity index (χ0) is 19.0. The molecule has 0 radical (unpaired) electrons. The van der Waals surface area contributed by atoms with Gasteiger partial charge in [0.25, 0.3) is 0 Å². The molecule has 4 N–H and O–H groups in total. The summed E-state index contributed by atoms with van der Waals surface area (Å²) in [5, 5.41) is 4.47. The molecule has 0 heterocycles. The fourth-order valence-electron chi connectivity index (χ4n) is 1.59. The van der Waals surface area contributed by atoms with Crippen LogP contribution in [0, 0.1) is 0 Å². The molecule has 0 bridgehead atoms. The van der Waals surface area contributed by atoms with Crippen LogP contribution < -0.4 is 21.1 Å². The molecule has 0 aromatic heterocycles. The second kappa shape index (κ2) is 8.87. The average Bonchev–Trinajstić information content (AvgIpc) is 2.57. The maximum Gasteiger partial charge on any atom is 0.422 e. The van der Waals surface area contributed by atoms with Gasteiger partial charge in [-0.05, 0) is 18.2 Å². The Morgan fingerprint density at radius 1 is 1.20 bits per heavy atom. The van der Waals surface area contributed by atoms with Crippen molar-refractivity contribution in [2.24, 2.45) is 5.73 Å². The molecule has 1 rings (SSSR count). The van der Waals surface area contributed by atoms with Gasteiger partial charge in [-0.15, -0.1) is 0 Å². The number of esters is 1. The zero-order valence-corrected chi connectivity index (χ0v) is 13.1. The molecule has 0 saturated carbocycles. The van der Waals surface area contributed by atoms with E-state index in [9.17, 15) is 27.6 Å². The van der Waals surface area contributed by atoms with Gasteiger partial charge in [-0.1, -0.05) is 0 Å². The molecular weight excluding hydrogens is 347 g/mol. The highest BCUT2D eigenvalue weighted by Gasteiger charge is 2.29. The minimum atomic E-state index is -4.61. The molecule has 138 valence electrons. The fraction of sp³-hybridized carbons (Fsp3) is 0.357. The Kier molecular flexibility index (Phi) is 7.18. The van der Waals surface area contributed by atoms with Crippen LogP contribution in [0.25, 0.3) is 0 Å². The number of amides is 2. The van der Waals surface area contributed by atoms with Crippen molar-refractivity contribution < 1.29 is 37.0 Å². The Morgan fingerprint density at radius 3 is 2.44 bits per heavy atom. The summed E-state index contributed by atoms with van der Waals surface area (Å²) in [6, 6.07) is 3.42. The Balaban J connectivity index is 2.93. The van der Waals surface area contributed by atoms with E-state index in [1.807, 2.05) is 0 Å². The van der Waals surface area contributed by atoms with Crippen LogP contribution in [0.4, 0.5) is 18.9 Å². The van der Waals surface area contributed by atoms with Gasteiger partial charge in [0, 0.05) is 0 Å². The third kappa shape index (κ3) is 7.08. The lowest BCUT2D eigenvalue weighted by Gasteiger charge is -2.15. The summed E-state index contributed by atoms with van der Waals surface area (Å²) in [5.74, 6) is -2.46. The van der Waals surface area contributed by atoms with E-state index in [1.54, 1.807) is 0 Å². The summed E-state index contributed by atoms with van der Waals surface area (Å²) in [7, 11) is 1.11. The van der Waals surface area contributed by atoms with Gasteiger partial charge in [0.1, 0.15) is 5.75 Å². The molecule has 8 nitrogen and oxygen atoms in total. The second-order valence-electron chi connectivity index (χ2n) is 4.64. The number of benzene rings is 1. The monoisotopic (exact) mass is 363 g/mol. The van der Waals surface area contributed by atoms with Crippen LogP contribution in [0.2, 0.25) is 0 Å². The topological polar surface area (TPSA) is 120 Å². The minimum Gasteiger partial charge on any atom is -0.482 e. The second-order valence-corrected chi connectivity index (χ2v) is 4.64. The maximum atomic E-state index is 12.3. The predicted octanol–water partition coefficient (Wildman–Crippen LogP) is 0.428. The number of carbonyl (C=O) groups excluding carboxylic acids is 3. The molecule has 0 fully saturated rings. The third-order valence-electron chi connectivity index (χ3n) is 2.70. The number of halogens is 3. The van der Waals surface area contributed by atoms with Gasteiger partial charge in [-0.2, -0.15) is 13.2 Å². The van der Waals surface area contributed by atoms with E-state index < -0.39 is 37.1 Å². The van der Waals surface area contributed by atoms with Crippen molar-refractivity contribution >= 4 is 23.5 Å². The highest BCUT2D eigenvalue weighted by Crippen LogP contribution is 2.28. The van der Waals surface area contributed by atoms with Crippen molar-refractivity contribution in [2.45, 2.75) is 6.18 Å². The molecule has 0 atom stereocenters. The first-order valence-corrected chi connectivity index (χ1v) is 6.84. The average molecular weight is 363 g/mol. The van der Waals surface area contributed by atoms with Crippen LogP contribution in [-0.4, -0.2) is 50.8 Å². The van der Waals surface area contributed by atoms with Gasteiger partial charge in [-0.25, -0.2) is 4.79 Å². The highest BCUT2D eigenvalue weighted by molar-refractivity contribution is 5.97. The van der Waals surface area contributed by atoms with E-state index >= 15 is 0 Å². The van der Waals surface area contributed by atoms with Gasteiger partial charge in [0.2, 0.25) is 11.8 Å². The number of nitrogens with one attached hydrogen (secondary N) is 2. The van der Waals surface area contributed by atoms with Crippen LogP contribution in [0.15, 0.2) is 18.2 Å². The molecule has 0 aliphatic carbocycles.